The van der Waals surface area contributed by atoms with Gasteiger partial charge in [0.25, 0.3) is 0 Å². The van der Waals surface area contributed by atoms with Crippen molar-refractivity contribution in [1.82, 2.24) is 5.32 Å². The maximum Gasteiger partial charge on any atom is 0.0187 e. The molecule has 1 atom stereocenters. The predicted molar refractivity (Wildman–Crippen MR) is 79.6 cm³/mol. The molecule has 17 heavy (non-hydrogen) atoms. The Morgan fingerprint density at radius 3 is 2.65 bits per heavy atom. The maximum absolute atomic E-state index is 3.54. The molecule has 0 spiro atoms. The molecule has 0 aliphatic carbocycles. The number of hydrogen-bond donors (Lipinski definition) is 1. The molecule has 1 aromatic rings. The van der Waals surface area contributed by atoms with E-state index in [1.807, 2.05) is 11.8 Å². The van der Waals surface area contributed by atoms with E-state index in [-0.39, 0.29) is 0 Å². The lowest BCUT2D eigenvalue weighted by molar-refractivity contribution is 0.615. The molecule has 0 saturated heterocycles. The van der Waals surface area contributed by atoms with Gasteiger partial charge in [-0.2, -0.15) is 11.8 Å². The molecular formula is C15H25NS. The van der Waals surface area contributed by atoms with Gasteiger partial charge in [-0.25, -0.2) is 0 Å². The monoisotopic (exact) mass is 251 g/mol. The van der Waals surface area contributed by atoms with Gasteiger partial charge in [0.05, 0.1) is 0 Å². The third kappa shape index (κ3) is 7.45. The fourth-order valence-electron chi connectivity index (χ4n) is 1.68. The fourth-order valence-corrected chi connectivity index (χ4v) is 2.58. The molecule has 1 nitrogen and oxygen atoms in total. The Kier molecular flexibility index (Phi) is 8.20. The van der Waals surface area contributed by atoms with Gasteiger partial charge in [-0.05, 0) is 18.5 Å². The van der Waals surface area contributed by atoms with Gasteiger partial charge in [0, 0.05) is 17.5 Å². The van der Waals surface area contributed by atoms with Crippen LogP contribution in [0.4, 0.5) is 0 Å². The summed E-state index contributed by atoms with van der Waals surface area (Å²) in [4.78, 5) is 0. The number of nitrogens with one attached hydrogen (secondary N) is 1. The average molecular weight is 251 g/mol. The lowest BCUT2D eigenvalue weighted by Gasteiger charge is -2.12. The Balaban J connectivity index is 2.03. The van der Waals surface area contributed by atoms with Crippen molar-refractivity contribution in [2.45, 2.75) is 44.1 Å². The molecule has 0 aliphatic rings. The second-order valence-electron chi connectivity index (χ2n) is 4.52. The Hall–Kier alpha value is -0.470. The van der Waals surface area contributed by atoms with Gasteiger partial charge in [0.1, 0.15) is 0 Å². The molecule has 0 aromatic heterocycles. The number of hydrogen-bond acceptors (Lipinski definition) is 2. The molecule has 0 saturated carbocycles. The summed E-state index contributed by atoms with van der Waals surface area (Å²) in [5, 5.41) is 4.23. The molecule has 0 radical (unpaired) electrons. The molecule has 1 N–H and O–H groups in total. The smallest absolute Gasteiger partial charge is 0.0187 e. The van der Waals surface area contributed by atoms with Crippen LogP contribution in [0.15, 0.2) is 30.3 Å². The van der Waals surface area contributed by atoms with Crippen LogP contribution in [-0.4, -0.2) is 18.3 Å². The van der Waals surface area contributed by atoms with Crippen LogP contribution >= 0.6 is 11.8 Å². The highest BCUT2D eigenvalue weighted by molar-refractivity contribution is 7.99. The minimum Gasteiger partial charge on any atom is -0.316 e. The van der Waals surface area contributed by atoms with Crippen LogP contribution in [0.3, 0.4) is 0 Å². The summed E-state index contributed by atoms with van der Waals surface area (Å²) >= 11 is 2.03. The van der Waals surface area contributed by atoms with Gasteiger partial charge in [0.15, 0.2) is 0 Å². The van der Waals surface area contributed by atoms with Crippen LogP contribution < -0.4 is 5.32 Å². The summed E-state index contributed by atoms with van der Waals surface area (Å²) in [6.45, 7) is 6.85. The third-order valence-corrected chi connectivity index (χ3v) is 4.00. The van der Waals surface area contributed by atoms with Crippen LogP contribution in [-0.2, 0) is 5.75 Å². The van der Waals surface area contributed by atoms with Gasteiger partial charge >= 0.3 is 0 Å². The van der Waals surface area contributed by atoms with Gasteiger partial charge in [0.2, 0.25) is 0 Å². The van der Waals surface area contributed by atoms with E-state index in [0.717, 1.165) is 12.3 Å². The average Bonchev–Trinajstić information content (AvgIpc) is 2.37. The first-order chi connectivity index (χ1) is 8.33. The number of unbranched alkanes of at least 4 members (excludes halogenated alkanes) is 2. The molecule has 0 heterocycles. The van der Waals surface area contributed by atoms with Gasteiger partial charge in [-0.15, -0.1) is 0 Å². The zero-order valence-electron chi connectivity index (χ0n) is 11.1. The predicted octanol–water partition coefficient (Wildman–Crippen LogP) is 4.09. The van der Waals surface area contributed by atoms with E-state index in [9.17, 15) is 0 Å². The topological polar surface area (TPSA) is 12.0 Å². The summed E-state index contributed by atoms with van der Waals surface area (Å²) < 4.78 is 0. The molecule has 96 valence electrons. The van der Waals surface area contributed by atoms with E-state index < -0.39 is 0 Å². The second kappa shape index (κ2) is 9.55. The van der Waals surface area contributed by atoms with Crippen molar-refractivity contribution < 1.29 is 0 Å². The quantitative estimate of drug-likeness (QED) is 0.664. The van der Waals surface area contributed by atoms with Gasteiger partial charge < -0.3 is 5.32 Å². The first-order valence-electron chi connectivity index (χ1n) is 6.69. The fraction of sp³-hybridized carbons (Fsp3) is 0.600. The van der Waals surface area contributed by atoms with Gasteiger partial charge in [-0.1, -0.05) is 57.0 Å². The molecular weight excluding hydrogens is 226 g/mol. The minimum atomic E-state index is 0.692. The van der Waals surface area contributed by atoms with Crippen molar-refractivity contribution in [2.24, 2.45) is 0 Å². The minimum absolute atomic E-state index is 0.692. The van der Waals surface area contributed by atoms with E-state index in [4.69, 9.17) is 0 Å². The zero-order valence-corrected chi connectivity index (χ0v) is 11.9. The standard InChI is InChI=1S/C15H25NS/c1-3-4-8-11-16-12-14(2)17-13-15-9-6-5-7-10-15/h5-7,9-10,14,16H,3-4,8,11-13H2,1-2H3. The second-order valence-corrected chi connectivity index (χ2v) is 5.95. The summed E-state index contributed by atoms with van der Waals surface area (Å²) in [5.74, 6) is 1.12. The largest absolute Gasteiger partial charge is 0.316 e. The highest BCUT2D eigenvalue weighted by atomic mass is 32.2. The van der Waals surface area contributed by atoms with Crippen LogP contribution in [0.25, 0.3) is 0 Å². The van der Waals surface area contributed by atoms with Crippen LogP contribution in [0.1, 0.15) is 38.7 Å². The SMILES string of the molecule is CCCCCNCC(C)SCc1ccccc1. The van der Waals surface area contributed by atoms with Gasteiger partial charge in [-0.3, -0.25) is 0 Å². The number of benzene rings is 1. The van der Waals surface area contributed by atoms with Crippen LogP contribution in [0.2, 0.25) is 0 Å². The molecule has 1 rings (SSSR count). The summed E-state index contributed by atoms with van der Waals surface area (Å²) in [7, 11) is 0. The molecule has 0 fully saturated rings. The van der Waals surface area contributed by atoms with Crippen molar-refractivity contribution in [2.75, 3.05) is 13.1 Å². The Labute approximate surface area is 110 Å². The first-order valence-corrected chi connectivity index (χ1v) is 7.74. The van der Waals surface area contributed by atoms with E-state index in [0.29, 0.717) is 5.25 Å². The van der Waals surface area contributed by atoms with Crippen LogP contribution in [0.5, 0.6) is 0 Å². The molecule has 2 heteroatoms. The van der Waals surface area contributed by atoms with Crippen LogP contribution in [0, 0.1) is 0 Å². The number of rotatable bonds is 9. The summed E-state index contributed by atoms with van der Waals surface area (Å²) in [5.41, 5.74) is 1.43. The molecule has 0 aliphatic heterocycles. The van der Waals surface area contributed by atoms with E-state index >= 15 is 0 Å². The molecule has 1 unspecified atom stereocenters. The highest BCUT2D eigenvalue weighted by Crippen LogP contribution is 2.16. The van der Waals surface area contributed by atoms with Crippen molar-refractivity contribution >= 4 is 11.8 Å². The number of thioether (sulfide) groups is 1. The van der Waals surface area contributed by atoms with Crippen molar-refractivity contribution in [3.05, 3.63) is 35.9 Å². The normalized spacial score (nSPS) is 12.6. The Morgan fingerprint density at radius 2 is 1.94 bits per heavy atom. The maximum atomic E-state index is 3.54. The van der Waals surface area contributed by atoms with E-state index in [1.165, 1.54) is 31.4 Å². The zero-order chi connectivity index (χ0) is 12.3. The van der Waals surface area contributed by atoms with Crippen molar-refractivity contribution in [1.29, 1.82) is 0 Å². The van der Waals surface area contributed by atoms with Crippen molar-refractivity contribution in [3.63, 3.8) is 0 Å². The molecule has 1 aromatic carbocycles. The first kappa shape index (κ1) is 14.6. The molecule has 0 bridgehead atoms. The van der Waals surface area contributed by atoms with E-state index in [1.54, 1.807) is 0 Å². The molecule has 0 amide bonds. The lowest BCUT2D eigenvalue weighted by Crippen LogP contribution is -2.23. The Morgan fingerprint density at radius 1 is 1.18 bits per heavy atom. The third-order valence-electron chi connectivity index (χ3n) is 2.77. The van der Waals surface area contributed by atoms with E-state index in [2.05, 4.69) is 49.5 Å². The van der Waals surface area contributed by atoms with Crippen molar-refractivity contribution in [3.8, 4) is 0 Å². The highest BCUT2D eigenvalue weighted by Gasteiger charge is 2.02. The Bertz CT molecular complexity index is 274. The summed E-state index contributed by atoms with van der Waals surface area (Å²) in [6.07, 6.45) is 3.96. The lowest BCUT2D eigenvalue weighted by atomic mass is 10.2. The summed E-state index contributed by atoms with van der Waals surface area (Å²) in [6, 6.07) is 10.7.